The van der Waals surface area contributed by atoms with Gasteiger partial charge in [-0.2, -0.15) is 0 Å². The predicted molar refractivity (Wildman–Crippen MR) is 80.4 cm³/mol. The number of amides is 1. The van der Waals surface area contributed by atoms with Crippen LogP contribution in [0.1, 0.15) is 12.8 Å². The molecule has 2 aromatic rings. The van der Waals surface area contributed by atoms with Crippen LogP contribution in [0.3, 0.4) is 0 Å². The molecule has 7 heteroatoms. The average Bonchev–Trinajstić information content (AvgIpc) is 3.06. The first-order valence-electron chi connectivity index (χ1n) is 7.41. The standard InChI is InChI=1S/C15H18N4O3/c20-14(16-9-11-6-8-22-10-11)5-7-19-15(21)12-3-1-2-4-13(12)17-18-19/h1-4,11H,5-10H2,(H,16,20)/t11-/m0/s1. The minimum absolute atomic E-state index is 0.0891. The fourth-order valence-electron chi connectivity index (χ4n) is 2.47. The van der Waals surface area contributed by atoms with Crippen LogP contribution in [0.25, 0.3) is 10.9 Å². The zero-order valence-electron chi connectivity index (χ0n) is 12.2. The van der Waals surface area contributed by atoms with Crippen molar-refractivity contribution in [2.45, 2.75) is 19.4 Å². The molecule has 1 aliphatic rings. The summed E-state index contributed by atoms with van der Waals surface area (Å²) in [5, 5.41) is 11.2. The molecule has 1 aromatic carbocycles. The van der Waals surface area contributed by atoms with E-state index in [-0.39, 0.29) is 24.4 Å². The molecule has 0 radical (unpaired) electrons. The third-order valence-electron chi connectivity index (χ3n) is 3.79. The summed E-state index contributed by atoms with van der Waals surface area (Å²) < 4.78 is 6.50. The maximum absolute atomic E-state index is 12.2. The molecule has 3 rings (SSSR count). The van der Waals surface area contributed by atoms with Crippen LogP contribution >= 0.6 is 0 Å². The van der Waals surface area contributed by atoms with E-state index >= 15 is 0 Å². The molecule has 22 heavy (non-hydrogen) atoms. The number of ether oxygens (including phenoxy) is 1. The summed E-state index contributed by atoms with van der Waals surface area (Å²) in [7, 11) is 0. The number of hydrogen-bond acceptors (Lipinski definition) is 5. The van der Waals surface area contributed by atoms with Crippen LogP contribution in [0.2, 0.25) is 0 Å². The van der Waals surface area contributed by atoms with Crippen molar-refractivity contribution < 1.29 is 9.53 Å². The normalized spacial score (nSPS) is 17.7. The van der Waals surface area contributed by atoms with Crippen LogP contribution in [0.15, 0.2) is 29.1 Å². The fraction of sp³-hybridized carbons (Fsp3) is 0.467. The molecule has 1 N–H and O–H groups in total. The van der Waals surface area contributed by atoms with Crippen molar-refractivity contribution in [3.05, 3.63) is 34.6 Å². The van der Waals surface area contributed by atoms with E-state index in [1.165, 1.54) is 4.68 Å². The summed E-state index contributed by atoms with van der Waals surface area (Å²) in [6, 6.07) is 7.04. The molecule has 1 atom stereocenters. The van der Waals surface area contributed by atoms with E-state index in [0.29, 0.717) is 30.0 Å². The lowest BCUT2D eigenvalue weighted by Gasteiger charge is -2.09. The van der Waals surface area contributed by atoms with E-state index in [1.807, 2.05) is 0 Å². The lowest BCUT2D eigenvalue weighted by molar-refractivity contribution is -0.121. The van der Waals surface area contributed by atoms with E-state index in [4.69, 9.17) is 4.74 Å². The zero-order valence-corrected chi connectivity index (χ0v) is 12.2. The quantitative estimate of drug-likeness (QED) is 0.860. The van der Waals surface area contributed by atoms with Gasteiger partial charge in [0.25, 0.3) is 5.56 Å². The molecular weight excluding hydrogens is 284 g/mol. The Morgan fingerprint density at radius 2 is 2.27 bits per heavy atom. The maximum atomic E-state index is 12.2. The highest BCUT2D eigenvalue weighted by Crippen LogP contribution is 2.10. The Labute approximate surface area is 127 Å². The van der Waals surface area contributed by atoms with Crippen molar-refractivity contribution in [1.29, 1.82) is 0 Å². The lowest BCUT2D eigenvalue weighted by Crippen LogP contribution is -2.32. The molecule has 0 unspecified atom stereocenters. The summed E-state index contributed by atoms with van der Waals surface area (Å²) in [6.07, 6.45) is 1.19. The van der Waals surface area contributed by atoms with Gasteiger partial charge in [-0.25, -0.2) is 4.68 Å². The Balaban J connectivity index is 1.58. The highest BCUT2D eigenvalue weighted by Gasteiger charge is 2.16. The molecule has 1 amide bonds. The van der Waals surface area contributed by atoms with Gasteiger partial charge in [-0.3, -0.25) is 9.59 Å². The topological polar surface area (TPSA) is 86.1 Å². The SMILES string of the molecule is O=C(CCn1nnc2ccccc2c1=O)NC[C@@H]1CCOC1. The fourth-order valence-corrected chi connectivity index (χ4v) is 2.47. The van der Waals surface area contributed by atoms with E-state index < -0.39 is 0 Å². The number of hydrogen-bond donors (Lipinski definition) is 1. The molecule has 7 nitrogen and oxygen atoms in total. The maximum Gasteiger partial charge on any atom is 0.277 e. The minimum atomic E-state index is -0.220. The van der Waals surface area contributed by atoms with Crippen LogP contribution in [0.4, 0.5) is 0 Å². The van der Waals surface area contributed by atoms with Gasteiger partial charge in [0.05, 0.1) is 18.5 Å². The monoisotopic (exact) mass is 302 g/mol. The largest absolute Gasteiger partial charge is 0.381 e. The zero-order chi connectivity index (χ0) is 15.4. The highest BCUT2D eigenvalue weighted by molar-refractivity contribution is 5.77. The summed E-state index contributed by atoms with van der Waals surface area (Å²) in [4.78, 5) is 24.1. The number of fused-ring (bicyclic) bond motifs is 1. The molecule has 0 saturated carbocycles. The van der Waals surface area contributed by atoms with Gasteiger partial charge in [-0.1, -0.05) is 17.3 Å². The summed E-state index contributed by atoms with van der Waals surface area (Å²) in [5.41, 5.74) is 0.344. The van der Waals surface area contributed by atoms with Crippen molar-refractivity contribution in [3.63, 3.8) is 0 Å². The van der Waals surface area contributed by atoms with Crippen LogP contribution in [-0.4, -0.2) is 40.7 Å². The smallest absolute Gasteiger partial charge is 0.277 e. The van der Waals surface area contributed by atoms with Crippen LogP contribution in [-0.2, 0) is 16.1 Å². The molecular formula is C15H18N4O3. The van der Waals surface area contributed by atoms with E-state index in [1.54, 1.807) is 24.3 Å². The van der Waals surface area contributed by atoms with Gasteiger partial charge in [0.15, 0.2) is 0 Å². The van der Waals surface area contributed by atoms with E-state index in [9.17, 15) is 9.59 Å². The third-order valence-corrected chi connectivity index (χ3v) is 3.79. The van der Waals surface area contributed by atoms with E-state index in [2.05, 4.69) is 15.6 Å². The summed E-state index contributed by atoms with van der Waals surface area (Å²) in [5.74, 6) is 0.306. The first-order valence-corrected chi connectivity index (χ1v) is 7.41. The van der Waals surface area contributed by atoms with Gasteiger partial charge in [0, 0.05) is 25.5 Å². The molecule has 1 aliphatic heterocycles. The second-order valence-electron chi connectivity index (χ2n) is 5.42. The van der Waals surface area contributed by atoms with Gasteiger partial charge in [0.1, 0.15) is 5.52 Å². The Hall–Kier alpha value is -2.28. The van der Waals surface area contributed by atoms with Gasteiger partial charge < -0.3 is 10.1 Å². The number of nitrogens with zero attached hydrogens (tertiary/aromatic N) is 3. The van der Waals surface area contributed by atoms with Crippen molar-refractivity contribution in [3.8, 4) is 0 Å². The average molecular weight is 302 g/mol. The Morgan fingerprint density at radius 3 is 3.09 bits per heavy atom. The molecule has 1 saturated heterocycles. The molecule has 2 heterocycles. The Kier molecular flexibility index (Phi) is 4.43. The Morgan fingerprint density at radius 1 is 1.41 bits per heavy atom. The Bertz CT molecular complexity index is 722. The molecule has 116 valence electrons. The van der Waals surface area contributed by atoms with Crippen molar-refractivity contribution in [2.75, 3.05) is 19.8 Å². The highest BCUT2D eigenvalue weighted by atomic mass is 16.5. The second-order valence-corrected chi connectivity index (χ2v) is 5.42. The molecule has 0 aliphatic carbocycles. The van der Waals surface area contributed by atoms with Crippen LogP contribution < -0.4 is 10.9 Å². The molecule has 1 aromatic heterocycles. The van der Waals surface area contributed by atoms with Crippen LogP contribution in [0, 0.1) is 5.92 Å². The number of carbonyl (C=O) groups is 1. The third kappa shape index (κ3) is 3.30. The van der Waals surface area contributed by atoms with Gasteiger partial charge in [-0.15, -0.1) is 5.10 Å². The number of carbonyl (C=O) groups excluding carboxylic acids is 1. The van der Waals surface area contributed by atoms with Crippen molar-refractivity contribution in [1.82, 2.24) is 20.3 Å². The van der Waals surface area contributed by atoms with Gasteiger partial charge in [0.2, 0.25) is 5.91 Å². The van der Waals surface area contributed by atoms with Crippen molar-refractivity contribution >= 4 is 16.8 Å². The number of rotatable bonds is 5. The van der Waals surface area contributed by atoms with Gasteiger partial charge >= 0.3 is 0 Å². The van der Waals surface area contributed by atoms with Crippen LogP contribution in [0.5, 0.6) is 0 Å². The second kappa shape index (κ2) is 6.65. The number of benzene rings is 1. The number of aromatic nitrogens is 3. The molecule has 1 fully saturated rings. The number of nitrogens with one attached hydrogen (secondary N) is 1. The first kappa shape index (κ1) is 14.6. The number of aryl methyl sites for hydroxylation is 1. The van der Waals surface area contributed by atoms with Gasteiger partial charge in [-0.05, 0) is 18.6 Å². The summed E-state index contributed by atoms with van der Waals surface area (Å²) >= 11 is 0. The minimum Gasteiger partial charge on any atom is -0.381 e. The predicted octanol–water partition coefficient (Wildman–Crippen LogP) is 0.334. The summed E-state index contributed by atoms with van der Waals surface area (Å²) in [6.45, 7) is 2.32. The first-order chi connectivity index (χ1) is 10.7. The molecule has 0 bridgehead atoms. The lowest BCUT2D eigenvalue weighted by atomic mass is 10.1. The molecule has 0 spiro atoms. The van der Waals surface area contributed by atoms with E-state index in [0.717, 1.165) is 13.0 Å². The van der Waals surface area contributed by atoms with Crippen molar-refractivity contribution in [2.24, 2.45) is 5.92 Å².